The van der Waals surface area contributed by atoms with Gasteiger partial charge in [0.05, 0.1) is 18.0 Å². The maximum atomic E-state index is 12.1. The average Bonchev–Trinajstić information content (AvgIpc) is 2.26. The summed E-state index contributed by atoms with van der Waals surface area (Å²) < 4.78 is 12.1. The number of alkyl halides is 1. The van der Waals surface area contributed by atoms with E-state index >= 15 is 0 Å². The van der Waals surface area contributed by atoms with E-state index in [4.69, 9.17) is 0 Å². The molecule has 3 heteroatoms. The molecule has 14 heavy (non-hydrogen) atoms. The van der Waals surface area contributed by atoms with E-state index < -0.39 is 0 Å². The monoisotopic (exact) mass is 194 g/mol. The minimum absolute atomic E-state index is 0.230. The lowest BCUT2D eigenvalue weighted by Gasteiger charge is -2.31. The zero-order valence-electron chi connectivity index (χ0n) is 8.17. The summed E-state index contributed by atoms with van der Waals surface area (Å²) in [5, 5.41) is 3.33. The van der Waals surface area contributed by atoms with Gasteiger partial charge in [-0.2, -0.15) is 0 Å². The highest BCUT2D eigenvalue weighted by Gasteiger charge is 2.14. The molecule has 1 aliphatic rings. The Morgan fingerprint density at radius 2 is 2.21 bits per heavy atom. The molecule has 0 saturated carbocycles. The normalized spacial score (nSPS) is 14.8. The van der Waals surface area contributed by atoms with E-state index in [1.807, 2.05) is 12.1 Å². The Balaban J connectivity index is 2.14. The number of nitrogens with one attached hydrogen (secondary N) is 1. The molecule has 0 radical (unpaired) electrons. The molecule has 0 unspecified atom stereocenters. The number of fused-ring (bicyclic) bond motifs is 1. The van der Waals surface area contributed by atoms with Crippen molar-refractivity contribution in [2.24, 2.45) is 0 Å². The maximum absolute atomic E-state index is 12.1. The minimum atomic E-state index is -0.230. The number of rotatable bonds is 3. The summed E-state index contributed by atoms with van der Waals surface area (Å²) >= 11 is 0. The van der Waals surface area contributed by atoms with Gasteiger partial charge >= 0.3 is 0 Å². The Kier molecular flexibility index (Phi) is 2.87. The van der Waals surface area contributed by atoms with Crippen LogP contribution < -0.4 is 10.2 Å². The van der Waals surface area contributed by atoms with Crippen LogP contribution in [0.1, 0.15) is 6.42 Å². The van der Waals surface area contributed by atoms with Crippen LogP contribution in [0.25, 0.3) is 0 Å². The number of benzene rings is 1. The van der Waals surface area contributed by atoms with Crippen molar-refractivity contribution in [3.05, 3.63) is 24.3 Å². The molecule has 2 nitrogen and oxygen atoms in total. The highest BCUT2D eigenvalue weighted by molar-refractivity contribution is 5.71. The highest BCUT2D eigenvalue weighted by atomic mass is 19.1. The summed E-state index contributed by atoms with van der Waals surface area (Å²) in [4.78, 5) is 2.24. The number of anilines is 2. The average molecular weight is 194 g/mol. The molecule has 0 aliphatic carbocycles. The Hall–Kier alpha value is -1.25. The number of halogens is 1. The lowest BCUT2D eigenvalue weighted by molar-refractivity contribution is 0.471. The second-order valence-corrected chi connectivity index (χ2v) is 3.47. The van der Waals surface area contributed by atoms with Gasteiger partial charge in [-0.15, -0.1) is 0 Å². The standard InChI is InChI=1S/C11H15FN2/c12-6-3-8-14-9-7-13-10-4-1-2-5-11(10)14/h1-2,4-5,13H,3,6-9H2. The first kappa shape index (κ1) is 9.31. The fraction of sp³-hybridized carbons (Fsp3) is 0.455. The van der Waals surface area contributed by atoms with Gasteiger partial charge in [-0.1, -0.05) is 12.1 Å². The van der Waals surface area contributed by atoms with Crippen LogP contribution in [0.3, 0.4) is 0 Å². The minimum Gasteiger partial charge on any atom is -0.382 e. The molecular formula is C11H15FN2. The van der Waals surface area contributed by atoms with Crippen molar-refractivity contribution in [1.29, 1.82) is 0 Å². The molecule has 0 bridgehead atoms. The van der Waals surface area contributed by atoms with E-state index in [-0.39, 0.29) is 6.67 Å². The molecule has 2 rings (SSSR count). The van der Waals surface area contributed by atoms with Crippen molar-refractivity contribution in [1.82, 2.24) is 0 Å². The summed E-state index contributed by atoms with van der Waals surface area (Å²) in [6.07, 6.45) is 0.619. The third kappa shape index (κ3) is 1.81. The summed E-state index contributed by atoms with van der Waals surface area (Å²) in [7, 11) is 0. The molecule has 1 aromatic carbocycles. The van der Waals surface area contributed by atoms with Crippen LogP contribution >= 0.6 is 0 Å². The van der Waals surface area contributed by atoms with Gasteiger partial charge in [-0.25, -0.2) is 0 Å². The third-order valence-corrected chi connectivity index (χ3v) is 2.50. The Morgan fingerprint density at radius 3 is 3.07 bits per heavy atom. The van der Waals surface area contributed by atoms with Gasteiger partial charge in [0.15, 0.2) is 0 Å². The largest absolute Gasteiger partial charge is 0.382 e. The summed E-state index contributed by atoms with van der Waals surface area (Å²) in [6.45, 7) is 2.50. The first-order valence-corrected chi connectivity index (χ1v) is 5.05. The van der Waals surface area contributed by atoms with Crippen molar-refractivity contribution >= 4 is 11.4 Å². The summed E-state index contributed by atoms with van der Waals surface area (Å²) in [5.41, 5.74) is 2.37. The van der Waals surface area contributed by atoms with Gasteiger partial charge in [0.25, 0.3) is 0 Å². The quantitative estimate of drug-likeness (QED) is 0.794. The molecule has 1 heterocycles. The first-order chi connectivity index (χ1) is 6.92. The van der Waals surface area contributed by atoms with Gasteiger partial charge in [0.1, 0.15) is 0 Å². The van der Waals surface area contributed by atoms with Crippen LogP contribution in [-0.2, 0) is 0 Å². The molecule has 1 aliphatic heterocycles. The smallest absolute Gasteiger partial charge is 0.0911 e. The molecule has 1 aromatic rings. The van der Waals surface area contributed by atoms with Gasteiger partial charge < -0.3 is 10.2 Å². The summed E-state index contributed by atoms with van der Waals surface area (Å²) in [6, 6.07) is 8.19. The third-order valence-electron chi connectivity index (χ3n) is 2.50. The molecule has 0 saturated heterocycles. The van der Waals surface area contributed by atoms with Crippen LogP contribution in [0, 0.1) is 0 Å². The van der Waals surface area contributed by atoms with Gasteiger partial charge in [0.2, 0.25) is 0 Å². The van der Waals surface area contributed by atoms with Crippen molar-refractivity contribution in [3.63, 3.8) is 0 Å². The van der Waals surface area contributed by atoms with E-state index in [9.17, 15) is 4.39 Å². The van der Waals surface area contributed by atoms with E-state index in [0.29, 0.717) is 6.42 Å². The van der Waals surface area contributed by atoms with Gasteiger partial charge in [0, 0.05) is 19.6 Å². The van der Waals surface area contributed by atoms with Crippen LogP contribution in [-0.4, -0.2) is 26.3 Å². The van der Waals surface area contributed by atoms with E-state index in [0.717, 1.165) is 25.3 Å². The number of hydrogen-bond acceptors (Lipinski definition) is 2. The maximum Gasteiger partial charge on any atom is 0.0911 e. The van der Waals surface area contributed by atoms with E-state index in [2.05, 4.69) is 22.3 Å². The van der Waals surface area contributed by atoms with Crippen LogP contribution in [0.5, 0.6) is 0 Å². The SMILES string of the molecule is FCCCN1CCNc2ccccc21. The predicted molar refractivity (Wildman–Crippen MR) is 57.7 cm³/mol. The highest BCUT2D eigenvalue weighted by Crippen LogP contribution is 2.28. The van der Waals surface area contributed by atoms with Crippen molar-refractivity contribution in [3.8, 4) is 0 Å². The Morgan fingerprint density at radius 1 is 1.36 bits per heavy atom. The number of hydrogen-bond donors (Lipinski definition) is 1. The Labute approximate surface area is 83.7 Å². The molecule has 0 fully saturated rings. The fourth-order valence-electron chi connectivity index (χ4n) is 1.83. The first-order valence-electron chi connectivity index (χ1n) is 5.05. The predicted octanol–water partition coefficient (Wildman–Crippen LogP) is 2.28. The molecule has 0 atom stereocenters. The number of para-hydroxylation sites is 2. The lowest BCUT2D eigenvalue weighted by Crippen LogP contribution is -2.34. The summed E-state index contributed by atoms with van der Waals surface area (Å²) in [5.74, 6) is 0. The van der Waals surface area contributed by atoms with Gasteiger partial charge in [-0.05, 0) is 18.6 Å². The molecule has 0 spiro atoms. The van der Waals surface area contributed by atoms with Crippen LogP contribution in [0.2, 0.25) is 0 Å². The lowest BCUT2D eigenvalue weighted by atomic mass is 10.2. The second-order valence-electron chi connectivity index (χ2n) is 3.47. The Bertz CT molecular complexity index is 301. The number of nitrogens with zero attached hydrogens (tertiary/aromatic N) is 1. The van der Waals surface area contributed by atoms with Crippen LogP contribution in [0.15, 0.2) is 24.3 Å². The van der Waals surface area contributed by atoms with Gasteiger partial charge in [-0.3, -0.25) is 4.39 Å². The molecule has 1 N–H and O–H groups in total. The molecular weight excluding hydrogens is 179 g/mol. The van der Waals surface area contributed by atoms with E-state index in [1.54, 1.807) is 0 Å². The van der Waals surface area contributed by atoms with Crippen molar-refractivity contribution in [2.75, 3.05) is 36.5 Å². The fourth-order valence-corrected chi connectivity index (χ4v) is 1.83. The molecule has 76 valence electrons. The van der Waals surface area contributed by atoms with E-state index in [1.165, 1.54) is 5.69 Å². The molecule has 0 aromatic heterocycles. The second kappa shape index (κ2) is 4.31. The topological polar surface area (TPSA) is 15.3 Å². The van der Waals surface area contributed by atoms with Crippen molar-refractivity contribution < 1.29 is 4.39 Å². The zero-order valence-corrected chi connectivity index (χ0v) is 8.17. The van der Waals surface area contributed by atoms with Crippen molar-refractivity contribution in [2.45, 2.75) is 6.42 Å². The molecule has 0 amide bonds. The zero-order chi connectivity index (χ0) is 9.80. The van der Waals surface area contributed by atoms with Crippen LogP contribution in [0.4, 0.5) is 15.8 Å².